The number of aryl methyl sites for hydroxylation is 2. The molecule has 1 unspecified atom stereocenters. The monoisotopic (exact) mass is 280 g/mol. The Hall–Kier alpha value is -1.75. The van der Waals surface area contributed by atoms with Gasteiger partial charge in [0.15, 0.2) is 0 Å². The average Bonchev–Trinajstić information content (AvgIpc) is 2.77. The Labute approximate surface area is 117 Å². The highest BCUT2D eigenvalue weighted by molar-refractivity contribution is 5.25. The van der Waals surface area contributed by atoms with Crippen molar-refractivity contribution in [1.29, 1.82) is 0 Å². The van der Waals surface area contributed by atoms with Crippen LogP contribution >= 0.6 is 0 Å². The Morgan fingerprint density at radius 2 is 1.90 bits per heavy atom. The third-order valence-corrected chi connectivity index (χ3v) is 3.35. The molecule has 1 atom stereocenters. The molecule has 0 radical (unpaired) electrons. The molecular weight excluding hydrogens is 262 g/mol. The highest BCUT2D eigenvalue weighted by Gasteiger charge is 2.32. The Bertz CT molecular complexity index is 547. The number of benzene rings is 1. The normalized spacial score (nSPS) is 13.4. The molecule has 0 fully saturated rings. The standard InChI is InChI=1S/C15H18F2N2O/c1-10(14-11(2)19-20-12(14)3)18-9-15(16,17)13-7-5-4-6-8-13/h4-8,10,18H,9H2,1-3H3. The smallest absolute Gasteiger partial charge is 0.285 e. The largest absolute Gasteiger partial charge is 0.361 e. The van der Waals surface area contributed by atoms with E-state index in [2.05, 4.69) is 10.5 Å². The number of hydrogen-bond donors (Lipinski definition) is 1. The van der Waals surface area contributed by atoms with Crippen molar-refractivity contribution in [3.63, 3.8) is 0 Å². The second kappa shape index (κ2) is 5.71. The van der Waals surface area contributed by atoms with Crippen LogP contribution in [0.25, 0.3) is 0 Å². The van der Waals surface area contributed by atoms with Crippen molar-refractivity contribution < 1.29 is 13.3 Å². The molecule has 2 rings (SSSR count). The predicted octanol–water partition coefficient (Wildman–Crippen LogP) is 3.73. The fourth-order valence-corrected chi connectivity index (χ4v) is 2.28. The molecule has 0 bridgehead atoms. The van der Waals surface area contributed by atoms with Gasteiger partial charge in [-0.15, -0.1) is 0 Å². The van der Waals surface area contributed by atoms with Gasteiger partial charge in [0.25, 0.3) is 5.92 Å². The minimum Gasteiger partial charge on any atom is -0.361 e. The molecule has 1 heterocycles. The highest BCUT2D eigenvalue weighted by Crippen LogP contribution is 2.28. The van der Waals surface area contributed by atoms with Crippen molar-refractivity contribution in [2.24, 2.45) is 0 Å². The maximum atomic E-state index is 14.1. The first-order chi connectivity index (χ1) is 9.42. The molecule has 1 aromatic heterocycles. The fraction of sp³-hybridized carbons (Fsp3) is 0.400. The summed E-state index contributed by atoms with van der Waals surface area (Å²) in [7, 11) is 0. The van der Waals surface area contributed by atoms with Crippen LogP contribution in [0, 0.1) is 13.8 Å². The first kappa shape index (κ1) is 14.7. The summed E-state index contributed by atoms with van der Waals surface area (Å²) in [6.07, 6.45) is 0. The molecule has 0 saturated heterocycles. The van der Waals surface area contributed by atoms with Gasteiger partial charge in [-0.3, -0.25) is 0 Å². The third-order valence-electron chi connectivity index (χ3n) is 3.35. The maximum Gasteiger partial charge on any atom is 0.285 e. The summed E-state index contributed by atoms with van der Waals surface area (Å²) in [5, 5.41) is 6.69. The molecule has 2 aromatic rings. The molecule has 3 nitrogen and oxygen atoms in total. The lowest BCUT2D eigenvalue weighted by atomic mass is 10.1. The van der Waals surface area contributed by atoms with E-state index >= 15 is 0 Å². The number of halogens is 2. The Balaban J connectivity index is 2.05. The summed E-state index contributed by atoms with van der Waals surface area (Å²) in [6, 6.07) is 7.57. The maximum absolute atomic E-state index is 14.1. The molecule has 0 aliphatic rings. The lowest BCUT2D eigenvalue weighted by Gasteiger charge is -2.21. The summed E-state index contributed by atoms with van der Waals surface area (Å²) in [6.45, 7) is 4.98. The second-order valence-corrected chi connectivity index (χ2v) is 4.91. The van der Waals surface area contributed by atoms with Gasteiger partial charge in [0.2, 0.25) is 0 Å². The highest BCUT2D eigenvalue weighted by atomic mass is 19.3. The van der Waals surface area contributed by atoms with Crippen molar-refractivity contribution in [2.45, 2.75) is 32.7 Å². The molecule has 0 saturated carbocycles. The van der Waals surface area contributed by atoms with Crippen molar-refractivity contribution >= 4 is 0 Å². The van der Waals surface area contributed by atoms with Gasteiger partial charge in [-0.25, -0.2) is 0 Å². The van der Waals surface area contributed by atoms with Crippen molar-refractivity contribution in [3.05, 3.63) is 52.9 Å². The van der Waals surface area contributed by atoms with E-state index in [0.29, 0.717) is 5.76 Å². The van der Waals surface area contributed by atoms with Gasteiger partial charge < -0.3 is 9.84 Å². The van der Waals surface area contributed by atoms with Crippen LogP contribution in [0.1, 0.15) is 35.5 Å². The molecule has 20 heavy (non-hydrogen) atoms. The molecular formula is C15H18F2N2O. The first-order valence-electron chi connectivity index (χ1n) is 6.51. The summed E-state index contributed by atoms with van der Waals surface area (Å²) in [5.41, 5.74) is 1.58. The Morgan fingerprint density at radius 1 is 1.25 bits per heavy atom. The van der Waals surface area contributed by atoms with E-state index in [1.165, 1.54) is 12.1 Å². The van der Waals surface area contributed by atoms with E-state index in [4.69, 9.17) is 4.52 Å². The second-order valence-electron chi connectivity index (χ2n) is 4.91. The van der Waals surface area contributed by atoms with Crippen LogP contribution in [0.5, 0.6) is 0 Å². The molecule has 5 heteroatoms. The number of aromatic nitrogens is 1. The van der Waals surface area contributed by atoms with E-state index in [1.54, 1.807) is 32.0 Å². The molecule has 0 amide bonds. The van der Waals surface area contributed by atoms with Crippen LogP contribution in [0.3, 0.4) is 0 Å². The van der Waals surface area contributed by atoms with Crippen molar-refractivity contribution in [1.82, 2.24) is 10.5 Å². The summed E-state index contributed by atoms with van der Waals surface area (Å²) < 4.78 is 33.2. The van der Waals surface area contributed by atoms with Crippen LogP contribution in [0.2, 0.25) is 0 Å². The summed E-state index contributed by atoms with van der Waals surface area (Å²) in [4.78, 5) is 0. The van der Waals surface area contributed by atoms with E-state index in [0.717, 1.165) is 11.3 Å². The average molecular weight is 280 g/mol. The summed E-state index contributed by atoms with van der Waals surface area (Å²) in [5.74, 6) is -2.25. The van der Waals surface area contributed by atoms with E-state index in [1.807, 2.05) is 6.92 Å². The molecule has 0 aliphatic heterocycles. The van der Waals surface area contributed by atoms with Gasteiger partial charge >= 0.3 is 0 Å². The zero-order valence-electron chi connectivity index (χ0n) is 11.8. The number of rotatable bonds is 5. The van der Waals surface area contributed by atoms with E-state index in [9.17, 15) is 8.78 Å². The lowest BCUT2D eigenvalue weighted by molar-refractivity contribution is -0.00539. The molecule has 0 aliphatic carbocycles. The molecule has 108 valence electrons. The molecule has 1 aromatic carbocycles. The van der Waals surface area contributed by atoms with Crippen LogP contribution in [0.4, 0.5) is 8.78 Å². The number of nitrogens with one attached hydrogen (secondary N) is 1. The van der Waals surface area contributed by atoms with Crippen molar-refractivity contribution in [2.75, 3.05) is 6.54 Å². The quantitative estimate of drug-likeness (QED) is 0.906. The van der Waals surface area contributed by atoms with E-state index < -0.39 is 12.5 Å². The lowest BCUT2D eigenvalue weighted by Crippen LogP contribution is -2.32. The van der Waals surface area contributed by atoms with Crippen LogP contribution < -0.4 is 5.32 Å². The van der Waals surface area contributed by atoms with Crippen molar-refractivity contribution in [3.8, 4) is 0 Å². The van der Waals surface area contributed by atoms with Gasteiger partial charge in [-0.1, -0.05) is 35.5 Å². The van der Waals surface area contributed by atoms with Crippen LogP contribution in [0.15, 0.2) is 34.9 Å². The van der Waals surface area contributed by atoms with Crippen LogP contribution in [-0.4, -0.2) is 11.7 Å². The van der Waals surface area contributed by atoms with Gasteiger partial charge in [-0.2, -0.15) is 8.78 Å². The predicted molar refractivity (Wildman–Crippen MR) is 72.7 cm³/mol. The Morgan fingerprint density at radius 3 is 2.45 bits per heavy atom. The first-order valence-corrected chi connectivity index (χ1v) is 6.51. The molecule has 1 N–H and O–H groups in total. The van der Waals surface area contributed by atoms with Gasteiger partial charge in [-0.05, 0) is 20.8 Å². The van der Waals surface area contributed by atoms with Gasteiger partial charge in [0.1, 0.15) is 5.76 Å². The molecule has 0 spiro atoms. The number of hydrogen-bond acceptors (Lipinski definition) is 3. The SMILES string of the molecule is Cc1noc(C)c1C(C)NCC(F)(F)c1ccccc1. The zero-order valence-corrected chi connectivity index (χ0v) is 11.8. The van der Waals surface area contributed by atoms with E-state index in [-0.39, 0.29) is 11.6 Å². The van der Waals surface area contributed by atoms with Gasteiger partial charge in [0, 0.05) is 17.2 Å². The minimum atomic E-state index is -2.91. The number of nitrogens with zero attached hydrogens (tertiary/aromatic N) is 1. The number of alkyl halides is 2. The van der Waals surface area contributed by atoms with Crippen LogP contribution in [-0.2, 0) is 5.92 Å². The Kier molecular flexibility index (Phi) is 4.18. The topological polar surface area (TPSA) is 38.1 Å². The minimum absolute atomic E-state index is 0.0125. The summed E-state index contributed by atoms with van der Waals surface area (Å²) >= 11 is 0. The third kappa shape index (κ3) is 3.04. The van der Waals surface area contributed by atoms with Gasteiger partial charge in [0.05, 0.1) is 12.2 Å². The zero-order chi connectivity index (χ0) is 14.8. The fourth-order valence-electron chi connectivity index (χ4n) is 2.28.